The lowest BCUT2D eigenvalue weighted by Crippen LogP contribution is -2.43. The predicted molar refractivity (Wildman–Crippen MR) is 93.9 cm³/mol. The molecule has 0 radical (unpaired) electrons. The van der Waals surface area contributed by atoms with Crippen LogP contribution in [-0.4, -0.2) is 23.5 Å². The largest absolute Gasteiger partial charge is 0.348 e. The maximum absolute atomic E-state index is 12.4. The number of benzene rings is 1. The Bertz CT molecular complexity index is 469. The zero-order valence-electron chi connectivity index (χ0n) is 10.8. The average molecular weight is 454 g/mol. The fourth-order valence-corrected chi connectivity index (χ4v) is 4.31. The maximum Gasteiger partial charge on any atom is 0.252 e. The van der Waals surface area contributed by atoms with Crippen molar-refractivity contribution >= 4 is 56.2 Å². The molecule has 1 N–H and O–H groups in total. The van der Waals surface area contributed by atoms with E-state index in [2.05, 4.69) is 50.1 Å². The number of carbonyl (C=O) groups is 1. The molecule has 2 rings (SSSR count). The minimum Gasteiger partial charge on any atom is -0.348 e. The zero-order valence-corrected chi connectivity index (χ0v) is 15.3. The Labute approximate surface area is 140 Å². The van der Waals surface area contributed by atoms with Gasteiger partial charge in [0.25, 0.3) is 5.91 Å². The quantitative estimate of drug-likeness (QED) is 0.684. The Hall–Kier alpha value is 0.250. The first kappa shape index (κ1) is 15.6. The number of thioether (sulfide) groups is 1. The molecule has 0 spiro atoms. The monoisotopic (exact) mass is 453 g/mol. The van der Waals surface area contributed by atoms with Crippen molar-refractivity contribution in [2.24, 2.45) is 0 Å². The SMILES string of the molecule is CSC1CCCCC1NC(=O)c1cc(I)ccc1Br. The number of nitrogens with one attached hydrogen (secondary N) is 1. The molecule has 0 heterocycles. The van der Waals surface area contributed by atoms with Gasteiger partial charge in [-0.3, -0.25) is 4.79 Å². The summed E-state index contributed by atoms with van der Waals surface area (Å²) in [4.78, 5) is 12.4. The van der Waals surface area contributed by atoms with E-state index >= 15 is 0 Å². The second-order valence-corrected chi connectivity index (χ2v) is 7.94. The minimum atomic E-state index is 0.0383. The van der Waals surface area contributed by atoms with Crippen molar-refractivity contribution in [1.82, 2.24) is 5.32 Å². The van der Waals surface area contributed by atoms with E-state index in [0.29, 0.717) is 11.3 Å². The van der Waals surface area contributed by atoms with Crippen LogP contribution >= 0.6 is 50.3 Å². The molecule has 0 bridgehead atoms. The summed E-state index contributed by atoms with van der Waals surface area (Å²) in [7, 11) is 0. The van der Waals surface area contributed by atoms with E-state index in [0.717, 1.165) is 20.0 Å². The highest BCUT2D eigenvalue weighted by Crippen LogP contribution is 2.28. The van der Waals surface area contributed by atoms with Crippen LogP contribution in [0, 0.1) is 3.57 Å². The highest BCUT2D eigenvalue weighted by Gasteiger charge is 2.26. The number of amides is 1. The molecular weight excluding hydrogens is 437 g/mol. The molecule has 104 valence electrons. The second-order valence-electron chi connectivity index (χ2n) is 4.76. The van der Waals surface area contributed by atoms with Crippen molar-refractivity contribution < 1.29 is 4.79 Å². The highest BCUT2D eigenvalue weighted by molar-refractivity contribution is 14.1. The van der Waals surface area contributed by atoms with Gasteiger partial charge in [-0.2, -0.15) is 11.8 Å². The average Bonchev–Trinajstić information content (AvgIpc) is 2.42. The second kappa shape index (κ2) is 7.31. The summed E-state index contributed by atoms with van der Waals surface area (Å²) >= 11 is 7.56. The van der Waals surface area contributed by atoms with Crippen molar-refractivity contribution in [2.45, 2.75) is 37.0 Å². The fraction of sp³-hybridized carbons (Fsp3) is 0.500. The molecule has 19 heavy (non-hydrogen) atoms. The van der Waals surface area contributed by atoms with E-state index in [-0.39, 0.29) is 5.91 Å². The van der Waals surface area contributed by atoms with Gasteiger partial charge in [-0.15, -0.1) is 0 Å². The van der Waals surface area contributed by atoms with Crippen molar-refractivity contribution in [3.63, 3.8) is 0 Å². The highest BCUT2D eigenvalue weighted by atomic mass is 127. The van der Waals surface area contributed by atoms with E-state index < -0.39 is 0 Å². The van der Waals surface area contributed by atoms with E-state index in [1.807, 2.05) is 30.0 Å². The third-order valence-electron chi connectivity index (χ3n) is 3.49. The summed E-state index contributed by atoms with van der Waals surface area (Å²) in [6, 6.07) is 6.16. The zero-order chi connectivity index (χ0) is 13.8. The molecule has 1 aliphatic carbocycles. The summed E-state index contributed by atoms with van der Waals surface area (Å²) in [6.07, 6.45) is 6.94. The van der Waals surface area contributed by atoms with Crippen LogP contribution in [0.3, 0.4) is 0 Å². The van der Waals surface area contributed by atoms with Gasteiger partial charge in [0.15, 0.2) is 0 Å². The summed E-state index contributed by atoms with van der Waals surface area (Å²) in [5.41, 5.74) is 0.734. The normalized spacial score (nSPS) is 23.1. The Morgan fingerprint density at radius 1 is 1.42 bits per heavy atom. The first-order chi connectivity index (χ1) is 9.11. The number of halogens is 2. The van der Waals surface area contributed by atoms with Gasteiger partial charge < -0.3 is 5.32 Å². The van der Waals surface area contributed by atoms with Gasteiger partial charge in [-0.1, -0.05) is 12.8 Å². The van der Waals surface area contributed by atoms with Gasteiger partial charge in [-0.05, 0) is 75.8 Å². The summed E-state index contributed by atoms with van der Waals surface area (Å²) in [5, 5.41) is 3.77. The van der Waals surface area contributed by atoms with Crippen LogP contribution in [0.2, 0.25) is 0 Å². The lowest BCUT2D eigenvalue weighted by Gasteiger charge is -2.31. The third-order valence-corrected chi connectivity index (χ3v) is 6.03. The summed E-state index contributed by atoms with van der Waals surface area (Å²) < 4.78 is 1.94. The van der Waals surface area contributed by atoms with Crippen molar-refractivity contribution in [3.8, 4) is 0 Å². The molecule has 1 aromatic rings. The molecular formula is C14H17BrINOS. The first-order valence-electron chi connectivity index (χ1n) is 6.40. The van der Waals surface area contributed by atoms with Crippen LogP contribution < -0.4 is 5.32 Å². The minimum absolute atomic E-state index is 0.0383. The number of hydrogen-bond acceptors (Lipinski definition) is 2. The van der Waals surface area contributed by atoms with E-state index in [1.165, 1.54) is 19.3 Å². The molecule has 0 aliphatic heterocycles. The number of rotatable bonds is 3. The van der Waals surface area contributed by atoms with Crippen LogP contribution in [0.25, 0.3) is 0 Å². The molecule has 2 atom stereocenters. The van der Waals surface area contributed by atoms with Gasteiger partial charge >= 0.3 is 0 Å². The van der Waals surface area contributed by atoms with E-state index in [1.54, 1.807) is 0 Å². The predicted octanol–water partition coefficient (Wildman–Crippen LogP) is 4.46. The van der Waals surface area contributed by atoms with E-state index in [9.17, 15) is 4.79 Å². The number of carbonyl (C=O) groups excluding carboxylic acids is 1. The van der Waals surface area contributed by atoms with Crippen molar-refractivity contribution in [3.05, 3.63) is 31.8 Å². The molecule has 1 amide bonds. The van der Waals surface area contributed by atoms with Crippen LogP contribution in [-0.2, 0) is 0 Å². The molecule has 0 saturated heterocycles. The molecule has 2 unspecified atom stereocenters. The molecule has 1 saturated carbocycles. The lowest BCUT2D eigenvalue weighted by atomic mass is 9.94. The summed E-state index contributed by atoms with van der Waals surface area (Å²) in [5.74, 6) is 0.0383. The van der Waals surface area contributed by atoms with Crippen LogP contribution in [0.15, 0.2) is 22.7 Å². The van der Waals surface area contributed by atoms with Crippen LogP contribution in [0.5, 0.6) is 0 Å². The van der Waals surface area contributed by atoms with Crippen molar-refractivity contribution in [2.75, 3.05) is 6.26 Å². The molecule has 1 aromatic carbocycles. The Kier molecular flexibility index (Phi) is 6.02. The van der Waals surface area contributed by atoms with Crippen molar-refractivity contribution in [1.29, 1.82) is 0 Å². The van der Waals surface area contributed by atoms with Gasteiger partial charge in [0, 0.05) is 19.3 Å². The van der Waals surface area contributed by atoms with Crippen LogP contribution in [0.4, 0.5) is 0 Å². The molecule has 1 aliphatic rings. The fourth-order valence-electron chi connectivity index (χ4n) is 2.46. The topological polar surface area (TPSA) is 29.1 Å². The smallest absolute Gasteiger partial charge is 0.252 e. The Morgan fingerprint density at radius 2 is 2.16 bits per heavy atom. The number of hydrogen-bond donors (Lipinski definition) is 1. The maximum atomic E-state index is 12.4. The third kappa shape index (κ3) is 4.11. The molecule has 0 aromatic heterocycles. The Balaban J connectivity index is 2.09. The van der Waals surface area contributed by atoms with E-state index in [4.69, 9.17) is 0 Å². The first-order valence-corrected chi connectivity index (χ1v) is 9.56. The van der Waals surface area contributed by atoms with Gasteiger partial charge in [0.05, 0.1) is 5.56 Å². The van der Waals surface area contributed by atoms with Gasteiger partial charge in [-0.25, -0.2) is 0 Å². The van der Waals surface area contributed by atoms with Gasteiger partial charge in [0.1, 0.15) is 0 Å². The van der Waals surface area contributed by atoms with Crippen LogP contribution in [0.1, 0.15) is 36.0 Å². The Morgan fingerprint density at radius 3 is 2.89 bits per heavy atom. The molecule has 5 heteroatoms. The standard InChI is InChI=1S/C14H17BrINOS/c1-19-13-5-3-2-4-12(13)17-14(18)10-8-9(16)6-7-11(10)15/h6-8,12-13H,2-5H2,1H3,(H,17,18). The molecule has 1 fully saturated rings. The summed E-state index contributed by atoms with van der Waals surface area (Å²) in [6.45, 7) is 0. The van der Waals surface area contributed by atoms with Gasteiger partial charge in [0.2, 0.25) is 0 Å². The molecule has 2 nitrogen and oxygen atoms in total. The lowest BCUT2D eigenvalue weighted by molar-refractivity contribution is 0.0928.